The zero-order chi connectivity index (χ0) is 16.6. The molecule has 1 aromatic rings. The summed E-state index contributed by atoms with van der Waals surface area (Å²) in [5, 5.41) is 0. The summed E-state index contributed by atoms with van der Waals surface area (Å²) in [5.41, 5.74) is 0. The number of thiophene rings is 1. The van der Waals surface area contributed by atoms with E-state index in [-0.39, 0.29) is 0 Å². The number of hydrogen-bond acceptors (Lipinski definition) is 3. The summed E-state index contributed by atoms with van der Waals surface area (Å²) in [6.45, 7) is 2.28. The van der Waals surface area contributed by atoms with Gasteiger partial charge in [0.25, 0.3) is 0 Å². The Morgan fingerprint density at radius 2 is 1.35 bits per heavy atom. The third kappa shape index (κ3) is 11.8. The molecule has 0 amide bonds. The first kappa shape index (κ1) is 20.8. The van der Waals surface area contributed by atoms with Gasteiger partial charge in [0.2, 0.25) is 0 Å². The maximum atomic E-state index is 10.6. The Morgan fingerprint density at radius 3 is 1.83 bits per heavy atom. The fraction of sp³-hybridized carbons (Fsp3) is 0.750. The predicted octanol–water partition coefficient (Wildman–Crippen LogP) is 7.74. The lowest BCUT2D eigenvalue weighted by molar-refractivity contribution is 0.112. The molecule has 0 atom stereocenters. The van der Waals surface area contributed by atoms with E-state index in [0.29, 0.717) is 0 Å². The van der Waals surface area contributed by atoms with Crippen molar-refractivity contribution in [3.8, 4) is 0 Å². The third-order valence-corrected chi connectivity index (χ3v) is 6.53. The van der Waals surface area contributed by atoms with Crippen LogP contribution in [-0.4, -0.2) is 12.0 Å². The van der Waals surface area contributed by atoms with Crippen molar-refractivity contribution in [2.75, 3.05) is 5.75 Å². The average molecular weight is 355 g/mol. The minimum Gasteiger partial charge on any atom is -0.297 e. The van der Waals surface area contributed by atoms with Gasteiger partial charge in [-0.3, -0.25) is 4.79 Å². The molecule has 23 heavy (non-hydrogen) atoms. The van der Waals surface area contributed by atoms with Gasteiger partial charge in [0, 0.05) is 0 Å². The van der Waals surface area contributed by atoms with Crippen molar-refractivity contribution in [3.05, 3.63) is 17.0 Å². The Labute approximate surface area is 151 Å². The van der Waals surface area contributed by atoms with Crippen LogP contribution in [0.3, 0.4) is 0 Å². The standard InChI is InChI=1S/C20H34OS2/c1-2-3-4-5-6-7-8-9-10-11-12-13-14-17-22-20-16-15-19(18-21)23-20/h15-16,18H,2-14,17H2,1H3. The first-order valence-electron chi connectivity index (χ1n) is 9.54. The highest BCUT2D eigenvalue weighted by Gasteiger charge is 1.99. The Balaban J connectivity index is 1.77. The van der Waals surface area contributed by atoms with Gasteiger partial charge in [0.1, 0.15) is 0 Å². The van der Waals surface area contributed by atoms with E-state index in [1.165, 1.54) is 93.4 Å². The number of aldehydes is 1. The molecule has 0 aliphatic heterocycles. The summed E-state index contributed by atoms with van der Waals surface area (Å²) in [6.07, 6.45) is 19.3. The van der Waals surface area contributed by atoms with Crippen LogP contribution < -0.4 is 0 Å². The number of hydrogen-bond donors (Lipinski definition) is 0. The topological polar surface area (TPSA) is 17.1 Å². The maximum absolute atomic E-state index is 10.6. The van der Waals surface area contributed by atoms with Gasteiger partial charge >= 0.3 is 0 Å². The van der Waals surface area contributed by atoms with Crippen molar-refractivity contribution in [1.29, 1.82) is 0 Å². The quantitative estimate of drug-likeness (QED) is 0.171. The zero-order valence-electron chi connectivity index (χ0n) is 14.9. The van der Waals surface area contributed by atoms with Crippen molar-refractivity contribution < 1.29 is 4.79 Å². The van der Waals surface area contributed by atoms with Crippen LogP contribution in [0.1, 0.15) is 100 Å². The van der Waals surface area contributed by atoms with E-state index < -0.39 is 0 Å². The Hall–Kier alpha value is -0.280. The molecule has 1 nitrogen and oxygen atoms in total. The highest BCUT2D eigenvalue weighted by atomic mass is 32.2. The van der Waals surface area contributed by atoms with Crippen molar-refractivity contribution in [3.63, 3.8) is 0 Å². The second-order valence-electron chi connectivity index (χ2n) is 6.37. The van der Waals surface area contributed by atoms with Crippen LogP contribution in [0.15, 0.2) is 16.3 Å². The number of carbonyl (C=O) groups excluding carboxylic acids is 1. The van der Waals surface area contributed by atoms with Gasteiger partial charge in [-0.25, -0.2) is 0 Å². The largest absolute Gasteiger partial charge is 0.297 e. The number of thioether (sulfide) groups is 1. The third-order valence-electron chi connectivity index (χ3n) is 4.21. The van der Waals surface area contributed by atoms with E-state index in [1.54, 1.807) is 11.3 Å². The number of unbranched alkanes of at least 4 members (excludes halogenated alkanes) is 12. The summed E-state index contributed by atoms with van der Waals surface area (Å²) in [6, 6.07) is 3.99. The highest BCUT2D eigenvalue weighted by Crippen LogP contribution is 2.27. The van der Waals surface area contributed by atoms with Gasteiger partial charge in [-0.15, -0.1) is 23.1 Å². The van der Waals surface area contributed by atoms with Crippen molar-refractivity contribution in [2.24, 2.45) is 0 Å². The average Bonchev–Trinajstić information content (AvgIpc) is 3.03. The van der Waals surface area contributed by atoms with Crippen LogP contribution in [0.5, 0.6) is 0 Å². The second kappa shape index (κ2) is 15.3. The van der Waals surface area contributed by atoms with Gasteiger partial charge in [-0.2, -0.15) is 0 Å². The zero-order valence-corrected chi connectivity index (χ0v) is 16.5. The van der Waals surface area contributed by atoms with Crippen LogP contribution in [0, 0.1) is 0 Å². The maximum Gasteiger partial charge on any atom is 0.160 e. The van der Waals surface area contributed by atoms with Crippen molar-refractivity contribution >= 4 is 29.4 Å². The van der Waals surface area contributed by atoms with Gasteiger partial charge in [0.15, 0.2) is 6.29 Å². The van der Waals surface area contributed by atoms with E-state index in [2.05, 4.69) is 13.0 Å². The van der Waals surface area contributed by atoms with Crippen LogP contribution in [0.25, 0.3) is 0 Å². The normalized spacial score (nSPS) is 11.0. The van der Waals surface area contributed by atoms with Crippen LogP contribution in [0.4, 0.5) is 0 Å². The van der Waals surface area contributed by atoms with E-state index >= 15 is 0 Å². The summed E-state index contributed by atoms with van der Waals surface area (Å²) in [4.78, 5) is 11.5. The molecule has 0 fully saturated rings. The minimum absolute atomic E-state index is 0.845. The molecule has 0 aliphatic carbocycles. The molecule has 1 rings (SSSR count). The van der Waals surface area contributed by atoms with Crippen LogP contribution in [-0.2, 0) is 0 Å². The Bertz CT molecular complexity index is 387. The molecule has 0 aromatic carbocycles. The number of rotatable bonds is 16. The van der Waals surface area contributed by atoms with E-state index in [4.69, 9.17) is 0 Å². The fourth-order valence-electron chi connectivity index (χ4n) is 2.77. The Kier molecular flexibility index (Phi) is 13.8. The lowest BCUT2D eigenvalue weighted by Crippen LogP contribution is -1.84. The molecule has 0 saturated carbocycles. The summed E-state index contributed by atoms with van der Waals surface area (Å²) >= 11 is 3.51. The van der Waals surface area contributed by atoms with Crippen molar-refractivity contribution in [2.45, 2.75) is 94.6 Å². The van der Waals surface area contributed by atoms with Crippen molar-refractivity contribution in [1.82, 2.24) is 0 Å². The lowest BCUT2D eigenvalue weighted by atomic mass is 10.1. The van der Waals surface area contributed by atoms with E-state index in [1.807, 2.05) is 17.8 Å². The minimum atomic E-state index is 0.845. The monoisotopic (exact) mass is 354 g/mol. The van der Waals surface area contributed by atoms with Gasteiger partial charge in [-0.05, 0) is 24.3 Å². The first-order valence-corrected chi connectivity index (χ1v) is 11.3. The first-order chi connectivity index (χ1) is 11.4. The molecule has 3 heteroatoms. The van der Waals surface area contributed by atoms with Crippen LogP contribution in [0.2, 0.25) is 0 Å². The molecule has 132 valence electrons. The summed E-state index contributed by atoms with van der Waals surface area (Å²) < 4.78 is 1.28. The molecule has 0 aliphatic rings. The molecular weight excluding hydrogens is 320 g/mol. The smallest absolute Gasteiger partial charge is 0.160 e. The molecular formula is C20H34OS2. The molecule has 0 radical (unpaired) electrons. The van der Waals surface area contributed by atoms with Gasteiger partial charge < -0.3 is 0 Å². The molecule has 1 aromatic heterocycles. The SMILES string of the molecule is CCCCCCCCCCCCCCCSc1ccc(C=O)s1. The van der Waals surface area contributed by atoms with Gasteiger partial charge in [0.05, 0.1) is 9.09 Å². The molecule has 0 bridgehead atoms. The molecule has 0 saturated heterocycles. The summed E-state index contributed by atoms with van der Waals surface area (Å²) in [7, 11) is 0. The summed E-state index contributed by atoms with van der Waals surface area (Å²) in [5.74, 6) is 1.19. The molecule has 1 heterocycles. The fourth-order valence-corrected chi connectivity index (χ4v) is 4.81. The lowest BCUT2D eigenvalue weighted by Gasteiger charge is -2.03. The second-order valence-corrected chi connectivity index (χ2v) is 8.88. The molecule has 0 N–H and O–H groups in total. The highest BCUT2D eigenvalue weighted by molar-refractivity contribution is 8.01. The molecule has 0 unspecified atom stereocenters. The molecule has 0 spiro atoms. The van der Waals surface area contributed by atoms with Crippen LogP contribution >= 0.6 is 23.1 Å². The Morgan fingerprint density at radius 1 is 0.826 bits per heavy atom. The van der Waals surface area contributed by atoms with E-state index in [0.717, 1.165) is 11.2 Å². The van der Waals surface area contributed by atoms with E-state index in [9.17, 15) is 4.79 Å². The predicted molar refractivity (Wildman–Crippen MR) is 106 cm³/mol. The van der Waals surface area contributed by atoms with Gasteiger partial charge in [-0.1, -0.05) is 84.0 Å². The number of carbonyl (C=O) groups is 1.